The summed E-state index contributed by atoms with van der Waals surface area (Å²) >= 11 is 0. The highest BCUT2D eigenvalue weighted by atomic mass is 16.4. The Morgan fingerprint density at radius 3 is 2.40 bits per heavy atom. The number of likely N-dealkylation sites (tertiary alicyclic amines) is 1. The summed E-state index contributed by atoms with van der Waals surface area (Å²) in [5.41, 5.74) is 0. The Labute approximate surface area is 86.1 Å². The highest BCUT2D eigenvalue weighted by molar-refractivity contribution is 5.81. The SMILES string of the molecule is O=C(O)[C@@H]1[C@@H]2CC[C@@H](O)[C@@H](C2)N1C(=O)O. The van der Waals surface area contributed by atoms with Crippen molar-refractivity contribution in [2.45, 2.75) is 37.5 Å². The predicted molar refractivity (Wildman–Crippen MR) is 48.4 cm³/mol. The third kappa shape index (κ3) is 1.45. The minimum absolute atomic E-state index is 0.146. The number of nitrogens with zero attached hydrogens (tertiary/aromatic N) is 1. The number of rotatable bonds is 1. The zero-order valence-electron chi connectivity index (χ0n) is 8.04. The van der Waals surface area contributed by atoms with Crippen LogP contribution in [0.15, 0.2) is 0 Å². The van der Waals surface area contributed by atoms with Crippen LogP contribution in [0, 0.1) is 5.92 Å². The zero-order valence-corrected chi connectivity index (χ0v) is 8.04. The van der Waals surface area contributed by atoms with Crippen LogP contribution in [-0.4, -0.2) is 50.5 Å². The van der Waals surface area contributed by atoms with E-state index in [1.165, 1.54) is 0 Å². The first-order chi connectivity index (χ1) is 7.02. The Morgan fingerprint density at radius 1 is 1.20 bits per heavy atom. The summed E-state index contributed by atoms with van der Waals surface area (Å²) in [5, 5.41) is 27.5. The molecule has 1 saturated heterocycles. The molecule has 84 valence electrons. The van der Waals surface area contributed by atoms with Crippen LogP contribution in [0.5, 0.6) is 0 Å². The molecule has 2 fully saturated rings. The maximum absolute atomic E-state index is 11.0. The van der Waals surface area contributed by atoms with Gasteiger partial charge in [-0.2, -0.15) is 0 Å². The molecule has 2 rings (SSSR count). The molecule has 4 atom stereocenters. The first-order valence-electron chi connectivity index (χ1n) is 4.94. The molecule has 0 aromatic carbocycles. The monoisotopic (exact) mass is 215 g/mol. The lowest BCUT2D eigenvalue weighted by atomic mass is 9.85. The summed E-state index contributed by atoms with van der Waals surface area (Å²) in [7, 11) is 0. The van der Waals surface area contributed by atoms with Crippen molar-refractivity contribution < 1.29 is 24.9 Å². The van der Waals surface area contributed by atoms with Crippen molar-refractivity contribution in [2.24, 2.45) is 5.92 Å². The first kappa shape index (κ1) is 10.2. The normalized spacial score (nSPS) is 39.1. The van der Waals surface area contributed by atoms with Gasteiger partial charge >= 0.3 is 12.1 Å². The average Bonchev–Trinajstić information content (AvgIpc) is 2.47. The van der Waals surface area contributed by atoms with Crippen molar-refractivity contribution in [3.05, 3.63) is 0 Å². The van der Waals surface area contributed by atoms with Crippen LogP contribution in [0.4, 0.5) is 4.79 Å². The summed E-state index contributed by atoms with van der Waals surface area (Å²) < 4.78 is 0. The van der Waals surface area contributed by atoms with E-state index in [0.29, 0.717) is 19.3 Å². The van der Waals surface area contributed by atoms with Gasteiger partial charge in [-0.1, -0.05) is 0 Å². The number of aliphatic hydroxyl groups excluding tert-OH is 1. The average molecular weight is 215 g/mol. The number of carboxylic acid groups (broad SMARTS) is 2. The molecule has 1 aliphatic heterocycles. The van der Waals surface area contributed by atoms with Crippen molar-refractivity contribution in [3.63, 3.8) is 0 Å². The van der Waals surface area contributed by atoms with Gasteiger partial charge in [-0.3, -0.25) is 4.90 Å². The van der Waals surface area contributed by atoms with Gasteiger partial charge in [0.15, 0.2) is 0 Å². The van der Waals surface area contributed by atoms with E-state index in [9.17, 15) is 14.7 Å². The molecule has 1 aliphatic carbocycles. The molecule has 6 nitrogen and oxygen atoms in total. The zero-order chi connectivity index (χ0) is 11.2. The van der Waals surface area contributed by atoms with E-state index in [1.54, 1.807) is 0 Å². The van der Waals surface area contributed by atoms with E-state index >= 15 is 0 Å². The van der Waals surface area contributed by atoms with Gasteiger partial charge < -0.3 is 15.3 Å². The maximum Gasteiger partial charge on any atom is 0.408 e. The second-order valence-electron chi connectivity index (χ2n) is 4.18. The number of aliphatic hydroxyl groups is 1. The van der Waals surface area contributed by atoms with Crippen molar-refractivity contribution >= 4 is 12.1 Å². The molecule has 0 spiro atoms. The molecule has 2 aliphatic rings. The summed E-state index contributed by atoms with van der Waals surface area (Å²) in [6.45, 7) is 0. The summed E-state index contributed by atoms with van der Waals surface area (Å²) in [6, 6.07) is -1.52. The number of fused-ring (bicyclic) bond motifs is 2. The van der Waals surface area contributed by atoms with Crippen LogP contribution in [0.1, 0.15) is 19.3 Å². The number of carbonyl (C=O) groups is 2. The molecule has 1 saturated carbocycles. The summed E-state index contributed by atoms with van der Waals surface area (Å²) in [6.07, 6.45) is -0.441. The standard InChI is InChI=1S/C9H13NO5/c11-6-2-1-4-3-5(6)10(9(14)15)7(4)8(12)13/h4-7,11H,1-3H2,(H,12,13)(H,14,15)/t4-,5-,6-,7+/m1/s1. The lowest BCUT2D eigenvalue weighted by Crippen LogP contribution is -2.48. The molecular formula is C9H13NO5. The Hall–Kier alpha value is -1.30. The van der Waals surface area contributed by atoms with Crippen molar-refractivity contribution in [3.8, 4) is 0 Å². The van der Waals surface area contributed by atoms with E-state index in [-0.39, 0.29) is 5.92 Å². The van der Waals surface area contributed by atoms with Gasteiger partial charge in [0.05, 0.1) is 12.1 Å². The van der Waals surface area contributed by atoms with Gasteiger partial charge in [0.25, 0.3) is 0 Å². The third-order valence-electron chi connectivity index (χ3n) is 3.40. The number of hydrogen-bond acceptors (Lipinski definition) is 3. The van der Waals surface area contributed by atoms with Crippen molar-refractivity contribution in [2.75, 3.05) is 0 Å². The maximum atomic E-state index is 11.0. The van der Waals surface area contributed by atoms with E-state index < -0.39 is 30.3 Å². The van der Waals surface area contributed by atoms with E-state index in [0.717, 1.165) is 4.90 Å². The molecule has 0 aromatic rings. The lowest BCUT2D eigenvalue weighted by molar-refractivity contribution is -0.143. The number of aliphatic carboxylic acids is 1. The second-order valence-corrected chi connectivity index (χ2v) is 4.18. The molecular weight excluding hydrogens is 202 g/mol. The van der Waals surface area contributed by atoms with Crippen LogP contribution in [0.2, 0.25) is 0 Å². The fourth-order valence-corrected chi connectivity index (χ4v) is 2.76. The molecule has 1 heterocycles. The van der Waals surface area contributed by atoms with Gasteiger partial charge in [-0.05, 0) is 25.2 Å². The van der Waals surface area contributed by atoms with E-state index in [4.69, 9.17) is 10.2 Å². The second kappa shape index (κ2) is 3.37. The van der Waals surface area contributed by atoms with Gasteiger partial charge in [0, 0.05) is 0 Å². The van der Waals surface area contributed by atoms with E-state index in [2.05, 4.69) is 0 Å². The van der Waals surface area contributed by atoms with Crippen LogP contribution < -0.4 is 0 Å². The van der Waals surface area contributed by atoms with Crippen LogP contribution in [-0.2, 0) is 4.79 Å². The quantitative estimate of drug-likeness (QED) is 0.570. The third-order valence-corrected chi connectivity index (χ3v) is 3.40. The van der Waals surface area contributed by atoms with Crippen LogP contribution in [0.3, 0.4) is 0 Å². The predicted octanol–water partition coefficient (Wildman–Crippen LogP) is -0.0372. The van der Waals surface area contributed by atoms with Gasteiger partial charge in [0.2, 0.25) is 0 Å². The summed E-state index contributed by atoms with van der Waals surface area (Å²) in [5.74, 6) is -1.26. The molecule has 1 amide bonds. The molecule has 0 radical (unpaired) electrons. The fraction of sp³-hybridized carbons (Fsp3) is 0.778. The van der Waals surface area contributed by atoms with Gasteiger partial charge in [-0.15, -0.1) is 0 Å². The highest BCUT2D eigenvalue weighted by Gasteiger charge is 2.52. The van der Waals surface area contributed by atoms with Gasteiger partial charge in [-0.25, -0.2) is 9.59 Å². The lowest BCUT2D eigenvalue weighted by Gasteiger charge is -2.27. The highest BCUT2D eigenvalue weighted by Crippen LogP contribution is 2.40. The Balaban J connectivity index is 2.31. The number of carboxylic acids is 1. The number of amides is 1. The Morgan fingerprint density at radius 2 is 1.87 bits per heavy atom. The Kier molecular flexibility index (Phi) is 2.30. The largest absolute Gasteiger partial charge is 0.480 e. The molecule has 0 unspecified atom stereocenters. The smallest absolute Gasteiger partial charge is 0.408 e. The van der Waals surface area contributed by atoms with Crippen LogP contribution >= 0.6 is 0 Å². The van der Waals surface area contributed by atoms with Crippen molar-refractivity contribution in [1.29, 1.82) is 0 Å². The van der Waals surface area contributed by atoms with E-state index in [1.807, 2.05) is 0 Å². The molecule has 6 heteroatoms. The topological polar surface area (TPSA) is 98.1 Å². The first-order valence-corrected chi connectivity index (χ1v) is 4.94. The molecule has 0 aromatic heterocycles. The van der Waals surface area contributed by atoms with Crippen molar-refractivity contribution in [1.82, 2.24) is 4.90 Å². The minimum atomic E-state index is -1.25. The number of hydrogen-bond donors (Lipinski definition) is 3. The Bertz CT molecular complexity index is 305. The molecule has 3 N–H and O–H groups in total. The fourth-order valence-electron chi connectivity index (χ4n) is 2.76. The van der Waals surface area contributed by atoms with Gasteiger partial charge in [0.1, 0.15) is 6.04 Å². The molecule has 2 bridgehead atoms. The summed E-state index contributed by atoms with van der Waals surface area (Å²) in [4.78, 5) is 22.8. The minimum Gasteiger partial charge on any atom is -0.480 e. The molecule has 15 heavy (non-hydrogen) atoms. The van der Waals surface area contributed by atoms with Crippen LogP contribution in [0.25, 0.3) is 0 Å².